The number of furan rings is 1. The van der Waals surface area contributed by atoms with Crippen LogP contribution in [0.5, 0.6) is 0 Å². The highest BCUT2D eigenvalue weighted by atomic mass is 16.3. The van der Waals surface area contributed by atoms with Gasteiger partial charge >= 0.3 is 0 Å². The summed E-state index contributed by atoms with van der Waals surface area (Å²) in [5, 5.41) is 3.69. The fraction of sp³-hybridized carbons (Fsp3) is 0.778. The Morgan fingerprint density at radius 2 is 1.76 bits per heavy atom. The Morgan fingerprint density at radius 3 is 2.43 bits per heavy atom. The third-order valence-corrected chi connectivity index (χ3v) is 5.36. The first-order chi connectivity index (χ1) is 10.3. The smallest absolute Gasteiger partial charge is 0.117 e. The van der Waals surface area contributed by atoms with Gasteiger partial charge in [0.2, 0.25) is 0 Å². The van der Waals surface area contributed by atoms with Crippen LogP contribution in [-0.2, 0) is 6.54 Å². The van der Waals surface area contributed by atoms with Gasteiger partial charge in [0.15, 0.2) is 0 Å². The second-order valence-electron chi connectivity index (χ2n) is 6.95. The Labute approximate surface area is 129 Å². The van der Waals surface area contributed by atoms with Gasteiger partial charge in [-0.1, -0.05) is 25.7 Å². The predicted octanol–water partition coefficient (Wildman–Crippen LogP) is 3.87. The normalized spacial score (nSPS) is 23.3. The topological polar surface area (TPSA) is 28.4 Å². The zero-order valence-corrected chi connectivity index (χ0v) is 13.5. The third-order valence-electron chi connectivity index (χ3n) is 5.36. The highest BCUT2D eigenvalue weighted by Gasteiger charge is 2.37. The van der Waals surface area contributed by atoms with Gasteiger partial charge in [0, 0.05) is 12.1 Å². The summed E-state index contributed by atoms with van der Waals surface area (Å²) in [6.45, 7) is 6.61. The lowest BCUT2D eigenvalue weighted by Crippen LogP contribution is -2.57. The Bertz CT molecular complexity index is 428. The fourth-order valence-electron chi connectivity index (χ4n) is 4.18. The predicted molar refractivity (Wildman–Crippen MR) is 86.4 cm³/mol. The number of rotatable bonds is 5. The lowest BCUT2D eigenvalue weighted by Gasteiger charge is -2.48. The van der Waals surface area contributed by atoms with Gasteiger partial charge in [0.1, 0.15) is 11.5 Å². The van der Waals surface area contributed by atoms with Gasteiger partial charge in [0.25, 0.3) is 0 Å². The summed E-state index contributed by atoms with van der Waals surface area (Å²) in [6, 6.07) is 4.15. The van der Waals surface area contributed by atoms with Crippen molar-refractivity contribution in [1.29, 1.82) is 0 Å². The van der Waals surface area contributed by atoms with Crippen LogP contribution in [0, 0.1) is 6.92 Å². The van der Waals surface area contributed by atoms with E-state index in [4.69, 9.17) is 4.42 Å². The molecule has 2 aliphatic rings. The molecule has 1 aromatic rings. The van der Waals surface area contributed by atoms with Crippen LogP contribution in [0.2, 0.25) is 0 Å². The molecular weight excluding hydrogens is 260 g/mol. The molecular formula is C18H30N2O. The van der Waals surface area contributed by atoms with Crippen molar-refractivity contribution in [2.75, 3.05) is 19.6 Å². The van der Waals surface area contributed by atoms with Crippen LogP contribution in [0.15, 0.2) is 16.5 Å². The molecule has 118 valence electrons. The SMILES string of the molecule is Cc1ccc(CNCC2(N3CCCCC3)CCCCC2)o1. The molecule has 2 heterocycles. The molecule has 2 fully saturated rings. The summed E-state index contributed by atoms with van der Waals surface area (Å²) in [7, 11) is 0. The van der Waals surface area contributed by atoms with Crippen LogP contribution in [-0.4, -0.2) is 30.1 Å². The maximum atomic E-state index is 5.68. The number of aryl methyl sites for hydroxylation is 1. The first-order valence-electron chi connectivity index (χ1n) is 8.80. The molecule has 0 radical (unpaired) electrons. The molecule has 0 atom stereocenters. The van der Waals surface area contributed by atoms with E-state index in [9.17, 15) is 0 Å². The van der Waals surface area contributed by atoms with Crippen molar-refractivity contribution in [2.24, 2.45) is 0 Å². The van der Waals surface area contributed by atoms with Crippen molar-refractivity contribution >= 4 is 0 Å². The molecule has 3 heteroatoms. The average Bonchev–Trinajstić information content (AvgIpc) is 2.95. The van der Waals surface area contributed by atoms with Gasteiger partial charge in [-0.2, -0.15) is 0 Å². The molecule has 1 aliphatic heterocycles. The summed E-state index contributed by atoms with van der Waals surface area (Å²) >= 11 is 0. The first kappa shape index (κ1) is 15.1. The number of nitrogens with one attached hydrogen (secondary N) is 1. The Hall–Kier alpha value is -0.800. The van der Waals surface area contributed by atoms with E-state index in [1.807, 2.05) is 6.92 Å². The number of nitrogens with zero attached hydrogens (tertiary/aromatic N) is 1. The van der Waals surface area contributed by atoms with Crippen LogP contribution in [0.1, 0.15) is 62.9 Å². The zero-order chi connectivity index (χ0) is 14.5. The first-order valence-corrected chi connectivity index (χ1v) is 8.80. The summed E-state index contributed by atoms with van der Waals surface area (Å²) in [4.78, 5) is 2.80. The van der Waals surface area contributed by atoms with Crippen molar-refractivity contribution in [2.45, 2.75) is 70.4 Å². The Kier molecular flexibility index (Phi) is 5.02. The van der Waals surface area contributed by atoms with Gasteiger partial charge in [0.05, 0.1) is 6.54 Å². The van der Waals surface area contributed by atoms with E-state index in [-0.39, 0.29) is 0 Å². The lowest BCUT2D eigenvalue weighted by atomic mass is 9.79. The number of likely N-dealkylation sites (tertiary alicyclic amines) is 1. The number of hydrogen-bond donors (Lipinski definition) is 1. The summed E-state index contributed by atoms with van der Waals surface area (Å²) in [5.41, 5.74) is 0.417. The highest BCUT2D eigenvalue weighted by molar-refractivity contribution is 5.05. The largest absolute Gasteiger partial charge is 0.465 e. The van der Waals surface area contributed by atoms with Crippen LogP contribution >= 0.6 is 0 Å². The van der Waals surface area contributed by atoms with Crippen LogP contribution in [0.3, 0.4) is 0 Å². The van der Waals surface area contributed by atoms with E-state index in [1.54, 1.807) is 0 Å². The van der Waals surface area contributed by atoms with Crippen molar-refractivity contribution in [3.05, 3.63) is 23.7 Å². The van der Waals surface area contributed by atoms with E-state index in [2.05, 4.69) is 22.3 Å². The van der Waals surface area contributed by atoms with Crippen LogP contribution in [0.25, 0.3) is 0 Å². The maximum Gasteiger partial charge on any atom is 0.117 e. The second kappa shape index (κ2) is 6.97. The van der Waals surface area contributed by atoms with Gasteiger partial charge in [-0.05, 0) is 57.8 Å². The van der Waals surface area contributed by atoms with E-state index >= 15 is 0 Å². The molecule has 0 unspecified atom stereocenters. The molecule has 0 spiro atoms. The van der Waals surface area contributed by atoms with Gasteiger partial charge < -0.3 is 9.73 Å². The molecule has 1 aromatic heterocycles. The summed E-state index contributed by atoms with van der Waals surface area (Å²) in [5.74, 6) is 2.08. The van der Waals surface area contributed by atoms with Gasteiger partial charge in [-0.3, -0.25) is 4.90 Å². The van der Waals surface area contributed by atoms with Crippen molar-refractivity contribution in [3.63, 3.8) is 0 Å². The second-order valence-corrected chi connectivity index (χ2v) is 6.95. The van der Waals surface area contributed by atoms with Crippen LogP contribution in [0.4, 0.5) is 0 Å². The van der Waals surface area contributed by atoms with Crippen molar-refractivity contribution in [1.82, 2.24) is 10.2 Å². The van der Waals surface area contributed by atoms with E-state index in [1.165, 1.54) is 64.5 Å². The molecule has 1 saturated heterocycles. The summed E-state index contributed by atoms with van der Waals surface area (Å²) in [6.07, 6.45) is 11.2. The van der Waals surface area contributed by atoms with Gasteiger partial charge in [-0.25, -0.2) is 0 Å². The number of hydrogen-bond acceptors (Lipinski definition) is 3. The monoisotopic (exact) mass is 290 g/mol. The molecule has 0 aromatic carbocycles. The Morgan fingerprint density at radius 1 is 1.05 bits per heavy atom. The average molecular weight is 290 g/mol. The fourth-order valence-corrected chi connectivity index (χ4v) is 4.18. The van der Waals surface area contributed by atoms with E-state index in [0.717, 1.165) is 24.6 Å². The minimum atomic E-state index is 0.417. The zero-order valence-electron chi connectivity index (χ0n) is 13.5. The molecule has 1 N–H and O–H groups in total. The molecule has 3 nitrogen and oxygen atoms in total. The van der Waals surface area contributed by atoms with E-state index in [0.29, 0.717) is 5.54 Å². The van der Waals surface area contributed by atoms with Crippen molar-refractivity contribution in [3.8, 4) is 0 Å². The minimum Gasteiger partial charge on any atom is -0.465 e. The van der Waals surface area contributed by atoms with Gasteiger partial charge in [-0.15, -0.1) is 0 Å². The Balaban J connectivity index is 1.59. The van der Waals surface area contributed by atoms with E-state index < -0.39 is 0 Å². The lowest BCUT2D eigenvalue weighted by molar-refractivity contribution is 0.0330. The molecule has 1 aliphatic carbocycles. The molecule has 0 amide bonds. The quantitative estimate of drug-likeness (QED) is 0.892. The molecule has 21 heavy (non-hydrogen) atoms. The van der Waals surface area contributed by atoms with Crippen molar-refractivity contribution < 1.29 is 4.42 Å². The van der Waals surface area contributed by atoms with Crippen LogP contribution < -0.4 is 5.32 Å². The molecule has 0 bridgehead atoms. The molecule has 1 saturated carbocycles. The molecule has 3 rings (SSSR count). The third kappa shape index (κ3) is 3.70. The summed E-state index contributed by atoms with van der Waals surface area (Å²) < 4.78 is 5.68. The minimum absolute atomic E-state index is 0.417. The highest BCUT2D eigenvalue weighted by Crippen LogP contribution is 2.35. The maximum absolute atomic E-state index is 5.68. The standard InChI is InChI=1S/C18H30N2O/c1-16-8-9-17(21-16)14-19-15-18(10-4-2-5-11-18)20-12-6-3-7-13-20/h8-9,19H,2-7,10-15H2,1H3. The number of piperidine rings is 1.